The zero-order valence-electron chi connectivity index (χ0n) is 12.4. The summed E-state index contributed by atoms with van der Waals surface area (Å²) >= 11 is 0. The van der Waals surface area contributed by atoms with Crippen LogP contribution in [0.5, 0.6) is 0 Å². The van der Waals surface area contributed by atoms with Crippen LogP contribution < -0.4 is 0 Å². The summed E-state index contributed by atoms with van der Waals surface area (Å²) in [6.07, 6.45) is 7.53. The number of fused-ring (bicyclic) bond motifs is 2. The molecule has 1 aliphatic carbocycles. The second kappa shape index (κ2) is 5.66. The number of nitrogens with one attached hydrogen (secondary N) is 1. The van der Waals surface area contributed by atoms with Crippen LogP contribution in [0.1, 0.15) is 50.1 Å². The Balaban J connectivity index is 1.74. The minimum atomic E-state index is 0.876. The van der Waals surface area contributed by atoms with E-state index in [1.54, 1.807) is 5.56 Å². The molecule has 2 heterocycles. The molecule has 0 bridgehead atoms. The molecule has 0 unspecified atom stereocenters. The van der Waals surface area contributed by atoms with Crippen LogP contribution in [0, 0.1) is 11.8 Å². The van der Waals surface area contributed by atoms with Gasteiger partial charge in [0.05, 0.1) is 5.69 Å². The number of aryl methyl sites for hydroxylation is 1. The second-order valence-electron chi connectivity index (χ2n) is 6.40. The fraction of sp³-hybridized carbons (Fsp3) is 0.812. The third kappa shape index (κ3) is 2.58. The van der Waals surface area contributed by atoms with E-state index in [1.807, 2.05) is 0 Å². The predicted molar refractivity (Wildman–Crippen MR) is 78.3 cm³/mol. The van der Waals surface area contributed by atoms with Crippen LogP contribution in [0.15, 0.2) is 0 Å². The van der Waals surface area contributed by atoms with Crippen molar-refractivity contribution in [2.45, 2.75) is 52.4 Å². The van der Waals surface area contributed by atoms with E-state index in [0.717, 1.165) is 18.3 Å². The minimum Gasteiger partial charge on any atom is -0.303 e. The standard InChI is InChI=1S/C16H27N3/c1-3-5-15-14-9-13-11-19(7-4-2)8-6-12(13)10-16(14)18-17-15/h12-13H,3-11H2,1-2H3,(H,17,18)/t12-,13+/m1/s1. The van der Waals surface area contributed by atoms with Gasteiger partial charge in [-0.3, -0.25) is 5.10 Å². The average Bonchev–Trinajstić information content (AvgIpc) is 2.80. The molecule has 1 saturated heterocycles. The van der Waals surface area contributed by atoms with Crippen molar-refractivity contribution in [3.8, 4) is 0 Å². The lowest BCUT2D eigenvalue weighted by molar-refractivity contribution is 0.111. The van der Waals surface area contributed by atoms with E-state index in [4.69, 9.17) is 0 Å². The molecule has 3 rings (SSSR count). The number of aromatic amines is 1. The van der Waals surface area contributed by atoms with Crippen molar-refractivity contribution in [1.29, 1.82) is 0 Å². The lowest BCUT2D eigenvalue weighted by Gasteiger charge is -2.41. The number of aromatic nitrogens is 2. The fourth-order valence-corrected chi connectivity index (χ4v) is 4.00. The van der Waals surface area contributed by atoms with Gasteiger partial charge >= 0.3 is 0 Å². The Morgan fingerprint density at radius 1 is 1.21 bits per heavy atom. The SMILES string of the molecule is CCCc1n[nH]c2c1C[C@H]1CN(CCC)CC[C@@H]1C2. The Morgan fingerprint density at radius 2 is 2.11 bits per heavy atom. The number of likely N-dealkylation sites (tertiary alicyclic amines) is 1. The molecule has 1 N–H and O–H groups in total. The largest absolute Gasteiger partial charge is 0.303 e. The highest BCUT2D eigenvalue weighted by molar-refractivity contribution is 5.29. The number of piperidine rings is 1. The molecule has 106 valence electrons. The molecule has 0 aromatic carbocycles. The van der Waals surface area contributed by atoms with Gasteiger partial charge in [0.25, 0.3) is 0 Å². The average molecular weight is 261 g/mol. The van der Waals surface area contributed by atoms with Gasteiger partial charge in [-0.25, -0.2) is 0 Å². The molecule has 1 fully saturated rings. The van der Waals surface area contributed by atoms with Crippen molar-refractivity contribution in [2.75, 3.05) is 19.6 Å². The smallest absolute Gasteiger partial charge is 0.0656 e. The van der Waals surface area contributed by atoms with Crippen molar-refractivity contribution < 1.29 is 0 Å². The van der Waals surface area contributed by atoms with Crippen LogP contribution in [0.3, 0.4) is 0 Å². The van der Waals surface area contributed by atoms with Crippen molar-refractivity contribution in [1.82, 2.24) is 15.1 Å². The Bertz CT molecular complexity index is 424. The first kappa shape index (κ1) is 13.2. The van der Waals surface area contributed by atoms with E-state index in [1.165, 1.54) is 63.1 Å². The Hall–Kier alpha value is -0.830. The third-order valence-corrected chi connectivity index (χ3v) is 4.97. The van der Waals surface area contributed by atoms with Crippen molar-refractivity contribution >= 4 is 0 Å². The summed E-state index contributed by atoms with van der Waals surface area (Å²) in [5, 5.41) is 7.88. The summed E-state index contributed by atoms with van der Waals surface area (Å²) in [7, 11) is 0. The summed E-state index contributed by atoms with van der Waals surface area (Å²) in [4.78, 5) is 2.67. The quantitative estimate of drug-likeness (QED) is 0.904. The summed E-state index contributed by atoms with van der Waals surface area (Å²) in [6, 6.07) is 0. The van der Waals surface area contributed by atoms with Gasteiger partial charge < -0.3 is 4.90 Å². The van der Waals surface area contributed by atoms with Gasteiger partial charge in [-0.2, -0.15) is 5.10 Å². The summed E-state index contributed by atoms with van der Waals surface area (Å²) in [5.41, 5.74) is 4.37. The predicted octanol–water partition coefficient (Wildman–Crippen LogP) is 2.81. The normalized spacial score (nSPS) is 27.1. The zero-order valence-corrected chi connectivity index (χ0v) is 12.4. The molecule has 2 aliphatic rings. The summed E-state index contributed by atoms with van der Waals surface area (Å²) in [5.74, 6) is 1.77. The highest BCUT2D eigenvalue weighted by Gasteiger charge is 2.35. The van der Waals surface area contributed by atoms with Crippen molar-refractivity contribution in [3.05, 3.63) is 17.0 Å². The maximum Gasteiger partial charge on any atom is 0.0656 e. The molecule has 1 aromatic rings. The lowest BCUT2D eigenvalue weighted by atomic mass is 9.73. The number of hydrogen-bond acceptors (Lipinski definition) is 2. The first-order chi connectivity index (χ1) is 9.31. The Kier molecular flexibility index (Phi) is 3.92. The molecule has 1 aliphatic heterocycles. The molecule has 0 radical (unpaired) electrons. The molecule has 2 atom stereocenters. The van der Waals surface area contributed by atoms with E-state index in [2.05, 4.69) is 28.9 Å². The van der Waals surface area contributed by atoms with Crippen molar-refractivity contribution in [3.63, 3.8) is 0 Å². The number of rotatable bonds is 4. The van der Waals surface area contributed by atoms with Crippen LogP contribution in [-0.4, -0.2) is 34.7 Å². The molecule has 3 heteroatoms. The lowest BCUT2D eigenvalue weighted by Crippen LogP contribution is -2.44. The summed E-state index contributed by atoms with van der Waals surface area (Å²) < 4.78 is 0. The van der Waals surface area contributed by atoms with Gasteiger partial charge in [0, 0.05) is 12.2 Å². The van der Waals surface area contributed by atoms with Gasteiger partial charge in [-0.15, -0.1) is 0 Å². The monoisotopic (exact) mass is 261 g/mol. The van der Waals surface area contributed by atoms with E-state index in [0.29, 0.717) is 0 Å². The molecular weight excluding hydrogens is 234 g/mol. The molecule has 19 heavy (non-hydrogen) atoms. The first-order valence-corrected chi connectivity index (χ1v) is 8.09. The van der Waals surface area contributed by atoms with Gasteiger partial charge in [0.15, 0.2) is 0 Å². The highest BCUT2D eigenvalue weighted by Crippen LogP contribution is 2.36. The minimum absolute atomic E-state index is 0.876. The van der Waals surface area contributed by atoms with Crippen LogP contribution in [0.25, 0.3) is 0 Å². The van der Waals surface area contributed by atoms with Crippen LogP contribution >= 0.6 is 0 Å². The maximum absolute atomic E-state index is 4.56. The second-order valence-corrected chi connectivity index (χ2v) is 6.40. The van der Waals surface area contributed by atoms with E-state index in [-0.39, 0.29) is 0 Å². The number of H-pyrrole nitrogens is 1. The highest BCUT2D eigenvalue weighted by atomic mass is 15.1. The van der Waals surface area contributed by atoms with E-state index in [9.17, 15) is 0 Å². The molecule has 0 amide bonds. The van der Waals surface area contributed by atoms with Gasteiger partial charge in [-0.1, -0.05) is 20.3 Å². The molecule has 3 nitrogen and oxygen atoms in total. The fourth-order valence-electron chi connectivity index (χ4n) is 4.00. The molecule has 0 saturated carbocycles. The number of nitrogens with zero attached hydrogens (tertiary/aromatic N) is 2. The molecule has 1 aromatic heterocycles. The third-order valence-electron chi connectivity index (χ3n) is 4.97. The molecule has 0 spiro atoms. The first-order valence-electron chi connectivity index (χ1n) is 8.09. The maximum atomic E-state index is 4.56. The van der Waals surface area contributed by atoms with Crippen LogP contribution in [0.2, 0.25) is 0 Å². The zero-order chi connectivity index (χ0) is 13.2. The van der Waals surface area contributed by atoms with Crippen molar-refractivity contribution in [2.24, 2.45) is 11.8 Å². The van der Waals surface area contributed by atoms with Gasteiger partial charge in [0.2, 0.25) is 0 Å². The molecular formula is C16H27N3. The summed E-state index contributed by atoms with van der Waals surface area (Å²) in [6.45, 7) is 8.44. The Morgan fingerprint density at radius 3 is 2.89 bits per heavy atom. The Labute approximate surface area is 116 Å². The van der Waals surface area contributed by atoms with Gasteiger partial charge in [-0.05, 0) is 62.6 Å². The van der Waals surface area contributed by atoms with E-state index >= 15 is 0 Å². The van der Waals surface area contributed by atoms with Gasteiger partial charge in [0.1, 0.15) is 0 Å². The van der Waals surface area contributed by atoms with Crippen LogP contribution in [0.4, 0.5) is 0 Å². The topological polar surface area (TPSA) is 31.9 Å². The number of hydrogen-bond donors (Lipinski definition) is 1. The van der Waals surface area contributed by atoms with E-state index < -0.39 is 0 Å². The van der Waals surface area contributed by atoms with Crippen LogP contribution in [-0.2, 0) is 19.3 Å².